The van der Waals surface area contributed by atoms with Crippen molar-refractivity contribution < 1.29 is 24.4 Å². The number of carbonyl (C=O) groups is 2. The summed E-state index contributed by atoms with van der Waals surface area (Å²) in [6.07, 6.45) is 0.174. The van der Waals surface area contributed by atoms with Crippen molar-refractivity contribution in [3.63, 3.8) is 0 Å². The topological polar surface area (TPSA) is 119 Å². The van der Waals surface area contributed by atoms with Crippen molar-refractivity contribution in [2.45, 2.75) is 13.3 Å². The quantitative estimate of drug-likeness (QED) is 0.543. The van der Waals surface area contributed by atoms with Gasteiger partial charge < -0.3 is 15.2 Å². The number of hydrogen-bond acceptors (Lipinski definition) is 5. The van der Waals surface area contributed by atoms with Crippen LogP contribution in [0.15, 0.2) is 42.5 Å². The number of para-hydroxylation sites is 1. The number of ether oxygens (including phenoxy) is 1. The number of aliphatic carboxylic acids is 1. The highest BCUT2D eigenvalue weighted by atomic mass is 16.6. The standard InChI is InChI=1S/C19H20N2O6/c1-12-7-8-15(21(25)26)10-16(12)18(22)20-11-14(19(23)24)9-13-5-3-4-6-17(13)27-2/h3-8,10,14H,9,11H2,1-2H3,(H,20,22)(H,23,24). The average Bonchev–Trinajstić information content (AvgIpc) is 2.65. The Hall–Kier alpha value is -3.42. The van der Waals surface area contributed by atoms with Crippen LogP contribution in [0.25, 0.3) is 0 Å². The number of hydrogen-bond donors (Lipinski definition) is 2. The number of methoxy groups -OCH3 is 1. The fraction of sp³-hybridized carbons (Fsp3) is 0.263. The van der Waals surface area contributed by atoms with E-state index in [-0.39, 0.29) is 24.2 Å². The zero-order valence-electron chi connectivity index (χ0n) is 15.0. The minimum absolute atomic E-state index is 0.117. The zero-order chi connectivity index (χ0) is 20.0. The first-order valence-electron chi connectivity index (χ1n) is 8.21. The van der Waals surface area contributed by atoms with E-state index < -0.39 is 22.7 Å². The van der Waals surface area contributed by atoms with E-state index in [2.05, 4.69) is 5.32 Å². The van der Waals surface area contributed by atoms with Gasteiger partial charge in [-0.3, -0.25) is 19.7 Å². The van der Waals surface area contributed by atoms with E-state index in [1.807, 2.05) is 0 Å². The maximum atomic E-state index is 12.4. The summed E-state index contributed by atoms with van der Waals surface area (Å²) < 4.78 is 5.23. The Balaban J connectivity index is 2.12. The molecular formula is C19H20N2O6. The number of non-ortho nitro benzene ring substituents is 1. The van der Waals surface area contributed by atoms with Gasteiger partial charge in [0.2, 0.25) is 0 Å². The number of carboxylic acids is 1. The van der Waals surface area contributed by atoms with Crippen LogP contribution in [0.5, 0.6) is 5.75 Å². The molecule has 0 fully saturated rings. The van der Waals surface area contributed by atoms with Crippen molar-refractivity contribution in [1.82, 2.24) is 5.32 Å². The van der Waals surface area contributed by atoms with Crippen LogP contribution in [0.3, 0.4) is 0 Å². The number of rotatable bonds is 8. The van der Waals surface area contributed by atoms with Gasteiger partial charge >= 0.3 is 5.97 Å². The van der Waals surface area contributed by atoms with Crippen LogP contribution in [-0.2, 0) is 11.2 Å². The number of aryl methyl sites for hydroxylation is 1. The molecule has 1 atom stereocenters. The molecule has 0 aromatic heterocycles. The average molecular weight is 372 g/mol. The summed E-state index contributed by atoms with van der Waals surface area (Å²) in [6, 6.07) is 11.0. The van der Waals surface area contributed by atoms with Crippen LogP contribution in [0.4, 0.5) is 5.69 Å². The molecule has 2 aromatic carbocycles. The zero-order valence-corrected chi connectivity index (χ0v) is 15.0. The van der Waals surface area contributed by atoms with E-state index >= 15 is 0 Å². The third-order valence-corrected chi connectivity index (χ3v) is 4.19. The second-order valence-electron chi connectivity index (χ2n) is 6.02. The lowest BCUT2D eigenvalue weighted by Crippen LogP contribution is -2.34. The minimum Gasteiger partial charge on any atom is -0.496 e. The van der Waals surface area contributed by atoms with Crippen LogP contribution in [0.2, 0.25) is 0 Å². The highest BCUT2D eigenvalue weighted by Gasteiger charge is 2.22. The van der Waals surface area contributed by atoms with Crippen LogP contribution in [0.1, 0.15) is 21.5 Å². The molecule has 2 aromatic rings. The lowest BCUT2D eigenvalue weighted by atomic mass is 9.98. The number of carboxylic acid groups (broad SMARTS) is 1. The first kappa shape index (κ1) is 19.9. The van der Waals surface area contributed by atoms with Crippen LogP contribution < -0.4 is 10.1 Å². The molecule has 0 heterocycles. The first-order valence-corrected chi connectivity index (χ1v) is 8.21. The number of nitro groups is 1. The van der Waals surface area contributed by atoms with Crippen LogP contribution >= 0.6 is 0 Å². The molecular weight excluding hydrogens is 352 g/mol. The van der Waals surface area contributed by atoms with Gasteiger partial charge in [-0.1, -0.05) is 24.3 Å². The molecule has 0 saturated carbocycles. The van der Waals surface area contributed by atoms with Crippen molar-refractivity contribution in [2.75, 3.05) is 13.7 Å². The van der Waals surface area contributed by atoms with E-state index in [0.717, 1.165) is 0 Å². The summed E-state index contributed by atoms with van der Waals surface area (Å²) >= 11 is 0. The lowest BCUT2D eigenvalue weighted by molar-refractivity contribution is -0.384. The first-order chi connectivity index (χ1) is 12.8. The molecule has 0 saturated heterocycles. The summed E-state index contributed by atoms with van der Waals surface area (Å²) in [5.74, 6) is -1.91. The third kappa shape index (κ3) is 5.04. The van der Waals surface area contributed by atoms with Gasteiger partial charge in [-0.25, -0.2) is 0 Å². The number of amides is 1. The largest absolute Gasteiger partial charge is 0.496 e. The molecule has 0 spiro atoms. The summed E-state index contributed by atoms with van der Waals surface area (Å²) in [5.41, 5.74) is 1.23. The molecule has 142 valence electrons. The van der Waals surface area contributed by atoms with E-state index in [0.29, 0.717) is 16.9 Å². The Morgan fingerprint density at radius 1 is 1.26 bits per heavy atom. The van der Waals surface area contributed by atoms with Gasteiger partial charge in [0.05, 0.1) is 18.0 Å². The van der Waals surface area contributed by atoms with Gasteiger partial charge in [-0.2, -0.15) is 0 Å². The maximum absolute atomic E-state index is 12.4. The molecule has 27 heavy (non-hydrogen) atoms. The van der Waals surface area contributed by atoms with Gasteiger partial charge in [-0.05, 0) is 30.5 Å². The van der Waals surface area contributed by atoms with Crippen molar-refractivity contribution in [3.8, 4) is 5.75 Å². The Kier molecular flexibility index (Phi) is 6.48. The van der Waals surface area contributed by atoms with E-state index in [9.17, 15) is 24.8 Å². The van der Waals surface area contributed by atoms with Gasteiger partial charge in [0.1, 0.15) is 5.75 Å². The minimum atomic E-state index is -1.06. The van der Waals surface area contributed by atoms with Crippen LogP contribution in [-0.4, -0.2) is 35.6 Å². The van der Waals surface area contributed by atoms with Crippen molar-refractivity contribution in [1.29, 1.82) is 0 Å². The Morgan fingerprint density at radius 2 is 1.96 bits per heavy atom. The normalized spacial score (nSPS) is 11.5. The summed E-state index contributed by atoms with van der Waals surface area (Å²) in [7, 11) is 1.50. The molecule has 2 rings (SSSR count). The second-order valence-corrected chi connectivity index (χ2v) is 6.02. The molecule has 1 unspecified atom stereocenters. The molecule has 1 amide bonds. The Morgan fingerprint density at radius 3 is 2.59 bits per heavy atom. The van der Waals surface area contributed by atoms with Gasteiger partial charge in [0, 0.05) is 24.2 Å². The van der Waals surface area contributed by atoms with Crippen LogP contribution in [0, 0.1) is 23.0 Å². The van der Waals surface area contributed by atoms with Gasteiger partial charge in [-0.15, -0.1) is 0 Å². The number of nitrogens with one attached hydrogen (secondary N) is 1. The van der Waals surface area contributed by atoms with E-state index in [4.69, 9.17) is 4.74 Å². The predicted molar refractivity (Wildman–Crippen MR) is 98.0 cm³/mol. The molecule has 0 bridgehead atoms. The van der Waals surface area contributed by atoms with Gasteiger partial charge in [0.15, 0.2) is 0 Å². The number of nitrogens with zero attached hydrogens (tertiary/aromatic N) is 1. The fourth-order valence-electron chi connectivity index (χ4n) is 2.66. The van der Waals surface area contributed by atoms with Crippen molar-refractivity contribution >= 4 is 17.6 Å². The van der Waals surface area contributed by atoms with Crippen molar-refractivity contribution in [3.05, 3.63) is 69.3 Å². The Bertz CT molecular complexity index is 865. The molecule has 0 aliphatic heterocycles. The smallest absolute Gasteiger partial charge is 0.308 e. The highest BCUT2D eigenvalue weighted by Crippen LogP contribution is 2.21. The molecule has 0 aliphatic carbocycles. The fourth-order valence-corrected chi connectivity index (χ4v) is 2.66. The van der Waals surface area contributed by atoms with Crippen molar-refractivity contribution in [2.24, 2.45) is 5.92 Å². The van der Waals surface area contributed by atoms with E-state index in [1.54, 1.807) is 31.2 Å². The second kappa shape index (κ2) is 8.79. The monoisotopic (exact) mass is 372 g/mol. The number of nitro benzene ring substituents is 1. The molecule has 8 heteroatoms. The molecule has 2 N–H and O–H groups in total. The lowest BCUT2D eigenvalue weighted by Gasteiger charge is -2.16. The molecule has 0 aliphatic rings. The number of benzene rings is 2. The Labute approximate surface area is 155 Å². The maximum Gasteiger partial charge on any atom is 0.308 e. The summed E-state index contributed by atoms with van der Waals surface area (Å²) in [6.45, 7) is 1.54. The summed E-state index contributed by atoms with van der Waals surface area (Å²) in [5, 5.41) is 22.9. The van der Waals surface area contributed by atoms with Gasteiger partial charge in [0.25, 0.3) is 11.6 Å². The summed E-state index contributed by atoms with van der Waals surface area (Å²) in [4.78, 5) is 34.3. The molecule has 0 radical (unpaired) electrons. The predicted octanol–water partition coefficient (Wildman–Crippen LogP) is 2.59. The molecule has 8 nitrogen and oxygen atoms in total. The third-order valence-electron chi connectivity index (χ3n) is 4.19. The SMILES string of the molecule is COc1ccccc1CC(CNC(=O)c1cc([N+](=O)[O-])ccc1C)C(=O)O. The van der Waals surface area contributed by atoms with E-state index in [1.165, 1.54) is 25.3 Å². The number of carbonyl (C=O) groups excluding carboxylic acids is 1. The highest BCUT2D eigenvalue weighted by molar-refractivity contribution is 5.96.